The van der Waals surface area contributed by atoms with Crippen LogP contribution in [0.4, 0.5) is 8.78 Å². The van der Waals surface area contributed by atoms with Crippen LogP contribution in [0.5, 0.6) is 5.75 Å². The topological polar surface area (TPSA) is 75.0 Å². The number of morpholine rings is 1. The minimum atomic E-state index is -1.00. The Labute approximate surface area is 181 Å². The molecule has 0 spiro atoms. The zero-order chi connectivity index (χ0) is 22.4. The summed E-state index contributed by atoms with van der Waals surface area (Å²) >= 11 is 0. The molecule has 9 heteroatoms. The summed E-state index contributed by atoms with van der Waals surface area (Å²) in [5, 5.41) is 12.2. The fourth-order valence-electron chi connectivity index (χ4n) is 4.35. The Hall–Kier alpha value is -3.72. The van der Waals surface area contributed by atoms with Crippen LogP contribution in [0.15, 0.2) is 65.6 Å². The molecular weight excluding hydrogens is 420 g/mol. The molecule has 1 aromatic heterocycles. The number of carbonyl (C=O) groups is 1. The van der Waals surface area contributed by atoms with Crippen molar-refractivity contribution < 1.29 is 23.4 Å². The molecule has 2 aliphatic heterocycles. The Morgan fingerprint density at radius 3 is 2.53 bits per heavy atom. The molecular formula is C23H19F2N3O4. The number of amides is 1. The quantitative estimate of drug-likeness (QED) is 0.678. The number of rotatable bonds is 3. The number of aromatic hydroxyl groups is 1. The number of aromatic nitrogens is 1. The van der Waals surface area contributed by atoms with Gasteiger partial charge in [-0.3, -0.25) is 19.3 Å². The summed E-state index contributed by atoms with van der Waals surface area (Å²) in [5.41, 5.74) is 0.307. The number of halogens is 2. The highest BCUT2D eigenvalue weighted by Crippen LogP contribution is 2.36. The van der Waals surface area contributed by atoms with E-state index in [0.29, 0.717) is 12.2 Å². The molecule has 164 valence electrons. The lowest BCUT2D eigenvalue weighted by Gasteiger charge is -2.51. The lowest BCUT2D eigenvalue weighted by atomic mass is 9.96. The first-order chi connectivity index (χ1) is 15.5. The van der Waals surface area contributed by atoms with Gasteiger partial charge in [-0.25, -0.2) is 8.78 Å². The van der Waals surface area contributed by atoms with Gasteiger partial charge in [0.1, 0.15) is 6.17 Å². The van der Waals surface area contributed by atoms with E-state index in [1.807, 2.05) is 30.3 Å². The van der Waals surface area contributed by atoms with Gasteiger partial charge in [0.25, 0.3) is 5.91 Å². The number of hydrogen-bond acceptors (Lipinski definition) is 5. The van der Waals surface area contributed by atoms with Crippen LogP contribution in [0, 0.1) is 11.6 Å². The number of carbonyl (C=O) groups excluding carboxylic acids is 1. The van der Waals surface area contributed by atoms with E-state index in [9.17, 15) is 23.5 Å². The third-order valence-electron chi connectivity index (χ3n) is 5.81. The molecule has 2 atom stereocenters. The summed E-state index contributed by atoms with van der Waals surface area (Å²) in [7, 11) is 0. The number of nitrogens with zero attached hydrogens (tertiary/aromatic N) is 3. The Kier molecular flexibility index (Phi) is 4.90. The standard InChI is InChI=1S/C23H19F2N3O4/c24-16-7-6-15(12-17(16)25)20(14-4-2-1-3-5-14)28-19-13-32-11-10-26(19)23(31)21-22(30)18(29)8-9-27(21)28/h1-9,12,19-20,30H,10-11,13H2/t19-,20+/m1/s1. The minimum Gasteiger partial charge on any atom is -0.502 e. The van der Waals surface area contributed by atoms with Crippen molar-refractivity contribution in [2.24, 2.45) is 0 Å². The average Bonchev–Trinajstić information content (AvgIpc) is 2.81. The molecule has 0 aliphatic carbocycles. The first kappa shape index (κ1) is 20.2. The summed E-state index contributed by atoms with van der Waals surface area (Å²) < 4.78 is 35.0. The van der Waals surface area contributed by atoms with Gasteiger partial charge in [0.15, 0.2) is 23.1 Å². The van der Waals surface area contributed by atoms with E-state index in [2.05, 4.69) is 0 Å². The van der Waals surface area contributed by atoms with E-state index in [4.69, 9.17) is 4.74 Å². The average molecular weight is 439 g/mol. The van der Waals surface area contributed by atoms with E-state index in [1.165, 1.54) is 21.8 Å². The maximum absolute atomic E-state index is 14.3. The van der Waals surface area contributed by atoms with Crippen LogP contribution < -0.4 is 10.4 Å². The van der Waals surface area contributed by atoms with Crippen molar-refractivity contribution in [3.63, 3.8) is 0 Å². The number of ether oxygens (including phenoxy) is 1. The molecule has 3 aromatic rings. The summed E-state index contributed by atoms with van der Waals surface area (Å²) in [6.45, 7) is 0.710. The van der Waals surface area contributed by atoms with Crippen LogP contribution >= 0.6 is 0 Å². The number of fused-ring (bicyclic) bond motifs is 2. The molecule has 7 nitrogen and oxygen atoms in total. The predicted molar refractivity (Wildman–Crippen MR) is 111 cm³/mol. The second-order valence-corrected chi connectivity index (χ2v) is 7.64. The number of pyridine rings is 1. The van der Waals surface area contributed by atoms with Crippen molar-refractivity contribution >= 4 is 5.91 Å². The van der Waals surface area contributed by atoms with E-state index < -0.39 is 40.9 Å². The molecule has 0 bridgehead atoms. The van der Waals surface area contributed by atoms with Gasteiger partial charge in [0.05, 0.1) is 19.3 Å². The maximum Gasteiger partial charge on any atom is 0.278 e. The fraction of sp³-hybridized carbons (Fsp3) is 0.217. The summed E-state index contributed by atoms with van der Waals surface area (Å²) in [4.78, 5) is 26.8. The molecule has 0 unspecified atom stereocenters. The zero-order valence-corrected chi connectivity index (χ0v) is 16.8. The first-order valence-corrected chi connectivity index (χ1v) is 10.1. The second kappa shape index (κ2) is 7.76. The Balaban J connectivity index is 1.78. The van der Waals surface area contributed by atoms with Crippen LogP contribution in [-0.2, 0) is 4.74 Å². The SMILES string of the molecule is O=C1c2c(O)c(=O)ccn2N([C@@H](c2ccccc2)c2ccc(F)c(F)c2)[C@@H]2COCCN12. The van der Waals surface area contributed by atoms with Crippen LogP contribution in [0.25, 0.3) is 0 Å². The van der Waals surface area contributed by atoms with Crippen molar-refractivity contribution in [2.45, 2.75) is 12.2 Å². The van der Waals surface area contributed by atoms with Gasteiger partial charge in [0.2, 0.25) is 5.43 Å². The molecule has 32 heavy (non-hydrogen) atoms. The van der Waals surface area contributed by atoms with Crippen LogP contribution in [-0.4, -0.2) is 46.5 Å². The molecule has 3 heterocycles. The smallest absolute Gasteiger partial charge is 0.278 e. The first-order valence-electron chi connectivity index (χ1n) is 10.1. The van der Waals surface area contributed by atoms with Gasteiger partial charge in [0, 0.05) is 18.8 Å². The summed E-state index contributed by atoms with van der Waals surface area (Å²) in [6.07, 6.45) is 0.792. The Morgan fingerprint density at radius 1 is 1.00 bits per heavy atom. The third-order valence-corrected chi connectivity index (χ3v) is 5.81. The lowest BCUT2D eigenvalue weighted by molar-refractivity contribution is -0.0197. The normalized spacial score (nSPS) is 18.8. The van der Waals surface area contributed by atoms with Gasteiger partial charge in [-0.1, -0.05) is 36.4 Å². The largest absolute Gasteiger partial charge is 0.502 e. The van der Waals surface area contributed by atoms with Gasteiger partial charge in [-0.2, -0.15) is 0 Å². The van der Waals surface area contributed by atoms with Gasteiger partial charge in [-0.05, 0) is 23.3 Å². The minimum absolute atomic E-state index is 0.158. The van der Waals surface area contributed by atoms with Crippen molar-refractivity contribution in [3.8, 4) is 5.75 Å². The van der Waals surface area contributed by atoms with Gasteiger partial charge < -0.3 is 14.7 Å². The fourth-order valence-corrected chi connectivity index (χ4v) is 4.35. The van der Waals surface area contributed by atoms with Gasteiger partial charge >= 0.3 is 0 Å². The highest BCUT2D eigenvalue weighted by Gasteiger charge is 2.44. The molecule has 1 fully saturated rings. The Bertz CT molecular complexity index is 1250. The predicted octanol–water partition coefficient (Wildman–Crippen LogP) is 2.37. The second-order valence-electron chi connectivity index (χ2n) is 7.64. The number of benzene rings is 2. The van der Waals surface area contributed by atoms with Crippen molar-refractivity contribution in [3.05, 3.63) is 99.5 Å². The molecule has 1 amide bonds. The van der Waals surface area contributed by atoms with Crippen molar-refractivity contribution in [1.29, 1.82) is 0 Å². The lowest BCUT2D eigenvalue weighted by Crippen LogP contribution is -2.66. The third kappa shape index (κ3) is 3.13. The van der Waals surface area contributed by atoms with E-state index in [1.54, 1.807) is 5.01 Å². The molecule has 2 aromatic carbocycles. The molecule has 0 saturated carbocycles. The molecule has 1 saturated heterocycles. The number of hydrogen-bond donors (Lipinski definition) is 1. The highest BCUT2D eigenvalue weighted by molar-refractivity contribution is 5.96. The summed E-state index contributed by atoms with van der Waals surface area (Å²) in [5.74, 6) is -3.14. The van der Waals surface area contributed by atoms with Crippen LogP contribution in [0.1, 0.15) is 27.7 Å². The van der Waals surface area contributed by atoms with Crippen LogP contribution in [0.3, 0.4) is 0 Å². The van der Waals surface area contributed by atoms with Crippen LogP contribution in [0.2, 0.25) is 0 Å². The molecule has 5 rings (SSSR count). The van der Waals surface area contributed by atoms with E-state index in [-0.39, 0.29) is 18.8 Å². The summed E-state index contributed by atoms with van der Waals surface area (Å²) in [6, 6.07) is 13.2. The zero-order valence-electron chi connectivity index (χ0n) is 16.8. The maximum atomic E-state index is 14.3. The highest BCUT2D eigenvalue weighted by atomic mass is 19.2. The van der Waals surface area contributed by atoms with Crippen molar-refractivity contribution in [2.75, 3.05) is 24.8 Å². The molecule has 0 radical (unpaired) electrons. The molecule has 2 aliphatic rings. The Morgan fingerprint density at radius 2 is 1.78 bits per heavy atom. The molecule has 1 N–H and O–H groups in total. The van der Waals surface area contributed by atoms with E-state index >= 15 is 0 Å². The van der Waals surface area contributed by atoms with Gasteiger partial charge in [-0.15, -0.1) is 0 Å². The monoisotopic (exact) mass is 439 g/mol. The van der Waals surface area contributed by atoms with Crippen molar-refractivity contribution in [1.82, 2.24) is 9.58 Å². The van der Waals surface area contributed by atoms with E-state index in [0.717, 1.165) is 23.8 Å².